The molecule has 0 radical (unpaired) electrons. The van der Waals surface area contributed by atoms with Gasteiger partial charge in [-0.25, -0.2) is 4.98 Å². The van der Waals surface area contributed by atoms with E-state index in [1.165, 1.54) is 44.3 Å². The predicted molar refractivity (Wildman–Crippen MR) is 137 cm³/mol. The number of halogens is 3. The SMILES string of the molecule is C/C(=C\c1csc(C)n1)[C@@H]1C/C=C(/C(F)(F)F)C/C=C/C(C)C(O)[C@@H](C)C(=O)C(C)(C)[C@@H](O)CC(=O)O1. The van der Waals surface area contributed by atoms with Crippen LogP contribution in [0.25, 0.3) is 6.08 Å². The lowest BCUT2D eigenvalue weighted by atomic mass is 9.73. The van der Waals surface area contributed by atoms with Gasteiger partial charge >= 0.3 is 12.1 Å². The molecule has 0 aromatic carbocycles. The average molecular weight is 544 g/mol. The van der Waals surface area contributed by atoms with Gasteiger partial charge in [0.15, 0.2) is 0 Å². The number of thiazole rings is 1. The number of alkyl halides is 3. The van der Waals surface area contributed by atoms with E-state index in [9.17, 15) is 33.0 Å². The molecular formula is C27H36F3NO5S. The van der Waals surface area contributed by atoms with Crippen molar-refractivity contribution in [1.82, 2.24) is 4.98 Å². The van der Waals surface area contributed by atoms with E-state index in [0.717, 1.165) is 11.1 Å². The number of rotatable bonds is 2. The van der Waals surface area contributed by atoms with Crippen LogP contribution in [0.1, 0.15) is 64.6 Å². The Hall–Kier alpha value is -2.30. The number of cyclic esters (lactones) is 1. The second-order valence-electron chi connectivity index (χ2n) is 10.2. The molecule has 5 atom stereocenters. The number of carbonyl (C=O) groups excluding carboxylic acids is 2. The maximum absolute atomic E-state index is 13.8. The molecule has 0 amide bonds. The van der Waals surface area contributed by atoms with E-state index in [4.69, 9.17) is 4.74 Å². The van der Waals surface area contributed by atoms with Gasteiger partial charge in [-0.3, -0.25) is 9.59 Å². The minimum Gasteiger partial charge on any atom is -0.457 e. The van der Waals surface area contributed by atoms with E-state index >= 15 is 0 Å². The zero-order chi connectivity index (χ0) is 28.1. The number of aliphatic hydroxyl groups is 2. The van der Waals surface area contributed by atoms with Crippen molar-refractivity contribution in [3.8, 4) is 0 Å². The number of nitrogens with zero attached hydrogens (tertiary/aromatic N) is 1. The molecule has 0 spiro atoms. The zero-order valence-corrected chi connectivity index (χ0v) is 22.8. The number of aliphatic hydroxyl groups excluding tert-OH is 2. The molecular weight excluding hydrogens is 507 g/mol. The number of carbonyl (C=O) groups is 2. The summed E-state index contributed by atoms with van der Waals surface area (Å²) in [7, 11) is 0. The standard InChI is InChI=1S/C27H36F3NO5S/c1-15-8-7-9-19(27(28,29)30)10-11-21(16(2)12-20-14-37-18(4)31-20)36-23(33)13-22(32)26(5,6)25(35)17(3)24(15)34/h7-8,10,12,14-15,17,21-22,24,32,34H,9,11,13H2,1-6H3/b8-7+,16-12+,19-10+/t15?,17-,21+,22+,24?/m1/s1. The minimum absolute atomic E-state index is 0.243. The molecule has 2 rings (SSSR count). The lowest BCUT2D eigenvalue weighted by Gasteiger charge is -2.34. The van der Waals surface area contributed by atoms with E-state index in [2.05, 4.69) is 4.98 Å². The third-order valence-electron chi connectivity index (χ3n) is 6.81. The van der Waals surface area contributed by atoms with Crippen LogP contribution >= 0.6 is 11.3 Å². The number of ether oxygens (including phenoxy) is 1. The van der Waals surface area contributed by atoms with Crippen LogP contribution in [0.5, 0.6) is 0 Å². The van der Waals surface area contributed by atoms with Gasteiger partial charge < -0.3 is 14.9 Å². The average Bonchev–Trinajstić information content (AvgIpc) is 3.21. The highest BCUT2D eigenvalue weighted by molar-refractivity contribution is 7.09. The number of hydrogen-bond acceptors (Lipinski definition) is 7. The quantitative estimate of drug-likeness (QED) is 0.373. The Morgan fingerprint density at radius 1 is 1.24 bits per heavy atom. The summed E-state index contributed by atoms with van der Waals surface area (Å²) in [5, 5.41) is 24.0. The Kier molecular flexibility index (Phi) is 10.4. The summed E-state index contributed by atoms with van der Waals surface area (Å²) >= 11 is 1.41. The third kappa shape index (κ3) is 8.35. The Labute approximate surface area is 219 Å². The van der Waals surface area contributed by atoms with Gasteiger partial charge in [0.25, 0.3) is 0 Å². The summed E-state index contributed by atoms with van der Waals surface area (Å²) < 4.78 is 46.8. The fraction of sp³-hybridized carbons (Fsp3) is 0.593. The highest BCUT2D eigenvalue weighted by Gasteiger charge is 2.42. The molecule has 2 unspecified atom stereocenters. The van der Waals surface area contributed by atoms with Crippen molar-refractivity contribution in [2.24, 2.45) is 17.3 Å². The first kappa shape index (κ1) is 30.9. The zero-order valence-electron chi connectivity index (χ0n) is 22.0. The second kappa shape index (κ2) is 12.5. The van der Waals surface area contributed by atoms with Crippen molar-refractivity contribution in [3.05, 3.63) is 45.5 Å². The molecule has 2 heterocycles. The number of Topliss-reactive ketones (excluding diaryl/α,β-unsaturated/α-hetero) is 1. The van der Waals surface area contributed by atoms with E-state index in [-0.39, 0.29) is 6.42 Å². The number of esters is 1. The molecule has 0 bridgehead atoms. The Morgan fingerprint density at radius 3 is 2.46 bits per heavy atom. The second-order valence-corrected chi connectivity index (χ2v) is 11.3. The first-order valence-electron chi connectivity index (χ1n) is 12.2. The predicted octanol–water partition coefficient (Wildman–Crippen LogP) is 5.58. The molecule has 0 saturated carbocycles. The first-order valence-corrected chi connectivity index (χ1v) is 13.0. The van der Waals surface area contributed by atoms with Crippen LogP contribution in [0.3, 0.4) is 0 Å². The van der Waals surface area contributed by atoms with Gasteiger partial charge in [0.1, 0.15) is 11.9 Å². The molecule has 0 aliphatic carbocycles. The Balaban J connectivity index is 2.50. The van der Waals surface area contributed by atoms with Crippen LogP contribution in [-0.2, 0) is 14.3 Å². The molecule has 1 aliphatic heterocycles. The molecule has 37 heavy (non-hydrogen) atoms. The summed E-state index contributed by atoms with van der Waals surface area (Å²) in [4.78, 5) is 30.2. The van der Waals surface area contributed by atoms with Crippen molar-refractivity contribution in [1.29, 1.82) is 0 Å². The Bertz CT molecular complexity index is 1060. The van der Waals surface area contributed by atoms with E-state index in [1.807, 2.05) is 6.92 Å². The van der Waals surface area contributed by atoms with Crippen LogP contribution in [0.15, 0.2) is 34.8 Å². The lowest BCUT2D eigenvalue weighted by molar-refractivity contribution is -0.154. The van der Waals surface area contributed by atoms with Gasteiger partial charge in [-0.1, -0.05) is 45.9 Å². The van der Waals surface area contributed by atoms with Crippen molar-refractivity contribution in [2.75, 3.05) is 0 Å². The summed E-state index contributed by atoms with van der Waals surface area (Å²) in [6, 6.07) is 0. The number of hydrogen-bond donors (Lipinski definition) is 2. The largest absolute Gasteiger partial charge is 0.457 e. The Morgan fingerprint density at radius 2 is 1.89 bits per heavy atom. The van der Waals surface area contributed by atoms with Crippen molar-refractivity contribution in [2.45, 2.75) is 85.3 Å². The van der Waals surface area contributed by atoms with Gasteiger partial charge in [-0.15, -0.1) is 11.3 Å². The third-order valence-corrected chi connectivity index (χ3v) is 7.60. The first-order chi connectivity index (χ1) is 17.0. The molecule has 0 fully saturated rings. The van der Waals surface area contributed by atoms with E-state index in [1.54, 1.807) is 25.3 Å². The van der Waals surface area contributed by atoms with Gasteiger partial charge in [0.2, 0.25) is 0 Å². The molecule has 6 nitrogen and oxygen atoms in total. The molecule has 206 valence electrons. The number of aryl methyl sites for hydroxylation is 1. The normalized spacial score (nSPS) is 31.4. The summed E-state index contributed by atoms with van der Waals surface area (Å²) in [6.07, 6.45) is -4.04. The molecule has 1 aromatic rings. The maximum atomic E-state index is 13.8. The summed E-state index contributed by atoms with van der Waals surface area (Å²) in [5.41, 5.74) is -1.11. The topological polar surface area (TPSA) is 96.7 Å². The highest BCUT2D eigenvalue weighted by atomic mass is 32.1. The van der Waals surface area contributed by atoms with Gasteiger partial charge in [0, 0.05) is 29.2 Å². The summed E-state index contributed by atoms with van der Waals surface area (Å²) in [5.74, 6) is -2.85. The number of aromatic nitrogens is 1. The van der Waals surface area contributed by atoms with Gasteiger partial charge in [-0.2, -0.15) is 13.2 Å². The van der Waals surface area contributed by atoms with Gasteiger partial charge in [-0.05, 0) is 31.9 Å². The smallest absolute Gasteiger partial charge is 0.412 e. The fourth-order valence-electron chi connectivity index (χ4n) is 4.17. The van der Waals surface area contributed by atoms with E-state index in [0.29, 0.717) is 11.3 Å². The van der Waals surface area contributed by atoms with Crippen LogP contribution in [0.4, 0.5) is 13.2 Å². The monoisotopic (exact) mass is 543 g/mol. The van der Waals surface area contributed by atoms with Crippen molar-refractivity contribution in [3.63, 3.8) is 0 Å². The van der Waals surface area contributed by atoms with Crippen LogP contribution in [-0.4, -0.2) is 51.4 Å². The minimum atomic E-state index is -4.61. The fourth-order valence-corrected chi connectivity index (χ4v) is 4.74. The molecule has 1 aliphatic rings. The summed E-state index contributed by atoms with van der Waals surface area (Å²) in [6.45, 7) is 9.55. The molecule has 0 saturated heterocycles. The lowest BCUT2D eigenvalue weighted by Crippen LogP contribution is -2.45. The van der Waals surface area contributed by atoms with Crippen LogP contribution in [0.2, 0.25) is 0 Å². The van der Waals surface area contributed by atoms with E-state index < -0.39 is 71.9 Å². The number of allylic oxidation sites excluding steroid dienone is 2. The molecule has 10 heteroatoms. The van der Waals surface area contributed by atoms with Crippen molar-refractivity contribution < 1.29 is 37.7 Å². The maximum Gasteiger partial charge on any atom is 0.412 e. The molecule has 1 aromatic heterocycles. The molecule has 2 N–H and O–H groups in total. The van der Waals surface area contributed by atoms with Gasteiger partial charge in [0.05, 0.1) is 34.7 Å². The highest BCUT2D eigenvalue weighted by Crippen LogP contribution is 2.33. The van der Waals surface area contributed by atoms with Crippen molar-refractivity contribution >= 4 is 29.2 Å². The number of ketones is 1. The van der Waals surface area contributed by atoms with Crippen LogP contribution < -0.4 is 0 Å². The van der Waals surface area contributed by atoms with Crippen LogP contribution in [0, 0.1) is 24.2 Å².